The molecule has 6 heteroatoms. The van der Waals surface area contributed by atoms with Gasteiger partial charge in [-0.2, -0.15) is 0 Å². The number of nitrogens with one attached hydrogen (secondary N) is 1. The zero-order valence-corrected chi connectivity index (χ0v) is 12.0. The van der Waals surface area contributed by atoms with Gasteiger partial charge in [0.15, 0.2) is 0 Å². The first-order valence-electron chi connectivity index (χ1n) is 6.22. The van der Waals surface area contributed by atoms with E-state index < -0.39 is 5.82 Å². The van der Waals surface area contributed by atoms with Crippen molar-refractivity contribution in [1.82, 2.24) is 4.90 Å². The average Bonchev–Trinajstić information content (AvgIpc) is 2.43. The van der Waals surface area contributed by atoms with E-state index in [0.29, 0.717) is 23.2 Å². The predicted molar refractivity (Wildman–Crippen MR) is 74.5 cm³/mol. The molecule has 0 aliphatic carbocycles. The standard InChI is InChI=1S/C13H16BrFN2O2/c14-11-4-3-10(6-12(11)15)16-13(19)17-5-1-2-9(7-17)8-18/h3-4,6,9,18H,1-2,5,7-8H2,(H,16,19)/t9-/m0/s1. The van der Waals surface area contributed by atoms with Crippen LogP contribution in [0.4, 0.5) is 14.9 Å². The first-order chi connectivity index (χ1) is 9.10. The third-order valence-corrected chi connectivity index (χ3v) is 3.88. The van der Waals surface area contributed by atoms with Crippen LogP contribution in [0.1, 0.15) is 12.8 Å². The van der Waals surface area contributed by atoms with Crippen molar-refractivity contribution in [2.45, 2.75) is 12.8 Å². The number of carbonyl (C=O) groups is 1. The summed E-state index contributed by atoms with van der Waals surface area (Å²) in [6.07, 6.45) is 1.82. The molecule has 1 aliphatic rings. The van der Waals surface area contributed by atoms with E-state index >= 15 is 0 Å². The predicted octanol–water partition coefficient (Wildman–Crippen LogP) is 2.82. The number of urea groups is 1. The summed E-state index contributed by atoms with van der Waals surface area (Å²) >= 11 is 3.06. The molecule has 1 heterocycles. The second kappa shape index (κ2) is 6.34. The van der Waals surface area contributed by atoms with Crippen LogP contribution in [0, 0.1) is 11.7 Å². The van der Waals surface area contributed by atoms with E-state index in [1.807, 2.05) is 0 Å². The number of aliphatic hydroxyl groups excluding tert-OH is 1. The summed E-state index contributed by atoms with van der Waals surface area (Å²) in [5, 5.41) is 11.8. The Morgan fingerprint density at radius 1 is 1.58 bits per heavy atom. The van der Waals surface area contributed by atoms with Crippen LogP contribution in [0.2, 0.25) is 0 Å². The van der Waals surface area contributed by atoms with E-state index in [9.17, 15) is 9.18 Å². The lowest BCUT2D eigenvalue weighted by Crippen LogP contribution is -2.43. The molecule has 1 atom stereocenters. The maximum atomic E-state index is 13.3. The molecular weight excluding hydrogens is 315 g/mol. The number of amides is 2. The molecule has 2 rings (SSSR count). The highest BCUT2D eigenvalue weighted by atomic mass is 79.9. The minimum Gasteiger partial charge on any atom is -0.396 e. The largest absolute Gasteiger partial charge is 0.396 e. The van der Waals surface area contributed by atoms with Crippen LogP contribution in [0.15, 0.2) is 22.7 Å². The van der Waals surface area contributed by atoms with Gasteiger partial charge in [-0.3, -0.25) is 0 Å². The van der Waals surface area contributed by atoms with E-state index in [2.05, 4.69) is 21.2 Å². The van der Waals surface area contributed by atoms with E-state index in [0.717, 1.165) is 12.8 Å². The summed E-state index contributed by atoms with van der Waals surface area (Å²) in [4.78, 5) is 13.7. The fourth-order valence-corrected chi connectivity index (χ4v) is 2.42. The average molecular weight is 331 g/mol. The monoisotopic (exact) mass is 330 g/mol. The number of carbonyl (C=O) groups excluding carboxylic acids is 1. The number of hydrogen-bond donors (Lipinski definition) is 2. The van der Waals surface area contributed by atoms with Gasteiger partial charge in [0.25, 0.3) is 0 Å². The van der Waals surface area contributed by atoms with Gasteiger partial charge in [0.05, 0.1) is 4.47 Å². The SMILES string of the molecule is O=C(Nc1ccc(Br)c(F)c1)N1CCC[C@H](CO)C1. The molecule has 1 fully saturated rings. The molecule has 2 amide bonds. The van der Waals surface area contributed by atoms with Crippen molar-refractivity contribution in [2.24, 2.45) is 5.92 Å². The van der Waals surface area contributed by atoms with Gasteiger partial charge in [-0.25, -0.2) is 9.18 Å². The van der Waals surface area contributed by atoms with E-state index in [4.69, 9.17) is 5.11 Å². The molecule has 0 bridgehead atoms. The Morgan fingerprint density at radius 2 is 2.37 bits per heavy atom. The van der Waals surface area contributed by atoms with E-state index in [1.54, 1.807) is 17.0 Å². The maximum absolute atomic E-state index is 13.3. The number of rotatable bonds is 2. The van der Waals surface area contributed by atoms with Crippen LogP contribution < -0.4 is 5.32 Å². The number of likely N-dealkylation sites (tertiary alicyclic amines) is 1. The minimum atomic E-state index is -0.412. The first kappa shape index (κ1) is 14.3. The molecule has 2 N–H and O–H groups in total. The number of anilines is 1. The van der Waals surface area contributed by atoms with E-state index in [1.165, 1.54) is 6.07 Å². The number of benzene rings is 1. The Kier molecular flexibility index (Phi) is 4.76. The van der Waals surface area contributed by atoms with Gasteiger partial charge in [-0.05, 0) is 52.9 Å². The van der Waals surface area contributed by atoms with Crippen LogP contribution in [0.25, 0.3) is 0 Å². The molecule has 0 spiro atoms. The lowest BCUT2D eigenvalue weighted by molar-refractivity contribution is 0.136. The van der Waals surface area contributed by atoms with Gasteiger partial charge in [0.1, 0.15) is 5.82 Å². The first-order valence-corrected chi connectivity index (χ1v) is 7.01. The van der Waals surface area contributed by atoms with Gasteiger partial charge in [0.2, 0.25) is 0 Å². The fraction of sp³-hybridized carbons (Fsp3) is 0.462. The summed E-state index contributed by atoms with van der Waals surface area (Å²) in [5.41, 5.74) is 0.428. The number of aliphatic hydroxyl groups is 1. The molecular formula is C13H16BrFN2O2. The van der Waals surface area contributed by atoms with Crippen LogP contribution in [0.3, 0.4) is 0 Å². The number of hydrogen-bond acceptors (Lipinski definition) is 2. The Morgan fingerprint density at radius 3 is 3.05 bits per heavy atom. The quantitative estimate of drug-likeness (QED) is 0.876. The fourth-order valence-electron chi connectivity index (χ4n) is 2.17. The third-order valence-electron chi connectivity index (χ3n) is 3.24. The number of piperidine rings is 1. The highest BCUT2D eigenvalue weighted by molar-refractivity contribution is 9.10. The van der Waals surface area contributed by atoms with Crippen LogP contribution in [-0.2, 0) is 0 Å². The molecule has 4 nitrogen and oxygen atoms in total. The summed E-state index contributed by atoms with van der Waals surface area (Å²) in [7, 11) is 0. The van der Waals surface area contributed by atoms with Crippen molar-refractivity contribution in [3.8, 4) is 0 Å². The smallest absolute Gasteiger partial charge is 0.321 e. The van der Waals surface area contributed by atoms with E-state index in [-0.39, 0.29) is 18.6 Å². The zero-order chi connectivity index (χ0) is 13.8. The molecule has 1 aromatic rings. The molecule has 0 unspecified atom stereocenters. The van der Waals surface area contributed by atoms with Gasteiger partial charge in [-0.1, -0.05) is 0 Å². The molecule has 0 saturated carbocycles. The van der Waals surface area contributed by atoms with Crippen LogP contribution in [0.5, 0.6) is 0 Å². The molecule has 1 saturated heterocycles. The lowest BCUT2D eigenvalue weighted by atomic mass is 9.99. The lowest BCUT2D eigenvalue weighted by Gasteiger charge is -2.31. The molecule has 0 radical (unpaired) electrons. The highest BCUT2D eigenvalue weighted by Gasteiger charge is 2.23. The molecule has 1 aromatic carbocycles. The van der Waals surface area contributed by atoms with Gasteiger partial charge in [0, 0.05) is 25.4 Å². The van der Waals surface area contributed by atoms with Crippen molar-refractivity contribution in [1.29, 1.82) is 0 Å². The molecule has 0 aromatic heterocycles. The van der Waals surface area contributed by atoms with Crippen molar-refractivity contribution >= 4 is 27.6 Å². The summed E-state index contributed by atoms with van der Waals surface area (Å²) in [6.45, 7) is 1.30. The number of halogens is 2. The van der Waals surface area contributed by atoms with Crippen molar-refractivity contribution in [3.63, 3.8) is 0 Å². The Balaban J connectivity index is 1.98. The highest BCUT2D eigenvalue weighted by Crippen LogP contribution is 2.21. The minimum absolute atomic E-state index is 0.0939. The van der Waals surface area contributed by atoms with Crippen molar-refractivity contribution in [3.05, 3.63) is 28.5 Å². The van der Waals surface area contributed by atoms with Gasteiger partial charge in [-0.15, -0.1) is 0 Å². The maximum Gasteiger partial charge on any atom is 0.321 e. The third kappa shape index (κ3) is 3.67. The van der Waals surface area contributed by atoms with Crippen LogP contribution >= 0.6 is 15.9 Å². The second-order valence-corrected chi connectivity index (χ2v) is 5.55. The number of nitrogens with zero attached hydrogens (tertiary/aromatic N) is 1. The summed E-state index contributed by atoms with van der Waals surface area (Å²) < 4.78 is 13.7. The van der Waals surface area contributed by atoms with Crippen molar-refractivity contribution < 1.29 is 14.3 Å². The van der Waals surface area contributed by atoms with Gasteiger partial charge < -0.3 is 15.3 Å². The second-order valence-electron chi connectivity index (χ2n) is 4.70. The summed E-state index contributed by atoms with van der Waals surface area (Å²) in [5.74, 6) is -0.272. The Bertz CT molecular complexity index is 470. The topological polar surface area (TPSA) is 52.6 Å². The Labute approximate surface area is 119 Å². The Hall–Kier alpha value is -1.14. The van der Waals surface area contributed by atoms with Gasteiger partial charge >= 0.3 is 6.03 Å². The molecule has 19 heavy (non-hydrogen) atoms. The normalized spacial score (nSPS) is 19.3. The van der Waals surface area contributed by atoms with Crippen LogP contribution in [-0.4, -0.2) is 35.7 Å². The molecule has 104 valence electrons. The molecule has 1 aliphatic heterocycles. The van der Waals surface area contributed by atoms with Crippen molar-refractivity contribution in [2.75, 3.05) is 25.0 Å². The zero-order valence-electron chi connectivity index (χ0n) is 10.4. The summed E-state index contributed by atoms with van der Waals surface area (Å²) in [6, 6.07) is 4.21.